The number of aromatic hydroxyl groups is 2. The molecule has 0 saturated heterocycles. The molecule has 0 radical (unpaired) electrons. The van der Waals surface area contributed by atoms with Gasteiger partial charge in [0.25, 0.3) is 11.4 Å². The first-order chi connectivity index (χ1) is 12.1. The maximum absolute atomic E-state index is 12.7. The Kier molecular flexibility index (Phi) is 3.82. The summed E-state index contributed by atoms with van der Waals surface area (Å²) in [6.45, 7) is 0. The molecular weight excluding hydrogens is 395 g/mol. The van der Waals surface area contributed by atoms with Crippen molar-refractivity contribution in [3.8, 4) is 11.5 Å². The van der Waals surface area contributed by atoms with E-state index >= 15 is 0 Å². The van der Waals surface area contributed by atoms with Gasteiger partial charge in [-0.25, -0.2) is 0 Å². The fraction of sp³-hybridized carbons (Fsp3) is 0. The Bertz CT molecular complexity index is 994. The second kappa shape index (κ2) is 5.64. The fourth-order valence-corrected chi connectivity index (χ4v) is 3.09. The van der Waals surface area contributed by atoms with Gasteiger partial charge in [-0.1, -0.05) is 23.2 Å². The molecule has 0 saturated carbocycles. The molecule has 0 heterocycles. The molecule has 132 valence electrons. The van der Waals surface area contributed by atoms with Crippen molar-refractivity contribution in [1.29, 1.82) is 0 Å². The molecule has 26 heavy (non-hydrogen) atoms. The van der Waals surface area contributed by atoms with E-state index in [4.69, 9.17) is 23.2 Å². The number of hydrogen-bond donors (Lipinski definition) is 2. The van der Waals surface area contributed by atoms with Gasteiger partial charge in [-0.05, 0) is 0 Å². The summed E-state index contributed by atoms with van der Waals surface area (Å²) in [7, 11) is 0. The molecule has 10 nitrogen and oxygen atoms in total. The third kappa shape index (κ3) is 2.20. The summed E-state index contributed by atoms with van der Waals surface area (Å²) in [5, 5.41) is 41.3. The van der Waals surface area contributed by atoms with E-state index in [9.17, 15) is 40.0 Å². The van der Waals surface area contributed by atoms with Crippen molar-refractivity contribution in [3.05, 3.63) is 64.7 Å². The molecule has 0 unspecified atom stereocenters. The zero-order valence-corrected chi connectivity index (χ0v) is 13.7. The topological polar surface area (TPSA) is 161 Å². The minimum absolute atomic E-state index is 0.596. The SMILES string of the molecule is O=C1c2c([N+](=O)[O-])cc(Cl)c(O)c2C(=O)c2c([N+](=O)[O-])cc(Cl)c(O)c21. The normalized spacial score (nSPS) is 12.5. The molecule has 2 aromatic carbocycles. The summed E-state index contributed by atoms with van der Waals surface area (Å²) >= 11 is 11.3. The predicted octanol–water partition coefficient (Wildman–Crippen LogP) is 3.00. The Balaban J connectivity index is 2.54. The molecule has 3 rings (SSSR count). The number of nitro groups is 2. The molecule has 0 aliphatic heterocycles. The highest BCUT2D eigenvalue weighted by Crippen LogP contribution is 2.47. The largest absolute Gasteiger partial charge is 0.506 e. The third-order valence-electron chi connectivity index (χ3n) is 3.77. The van der Waals surface area contributed by atoms with Gasteiger partial charge in [0, 0.05) is 12.1 Å². The molecule has 2 aromatic rings. The van der Waals surface area contributed by atoms with Gasteiger partial charge in [-0.3, -0.25) is 29.8 Å². The van der Waals surface area contributed by atoms with Gasteiger partial charge in [0.15, 0.2) is 0 Å². The molecule has 0 fully saturated rings. The van der Waals surface area contributed by atoms with Crippen molar-refractivity contribution in [2.75, 3.05) is 0 Å². The highest BCUT2D eigenvalue weighted by Gasteiger charge is 2.44. The van der Waals surface area contributed by atoms with Gasteiger partial charge in [0.1, 0.15) is 22.6 Å². The van der Waals surface area contributed by atoms with Crippen LogP contribution in [0.3, 0.4) is 0 Å². The van der Waals surface area contributed by atoms with Crippen molar-refractivity contribution in [1.82, 2.24) is 0 Å². The number of phenols is 2. The number of carbonyl (C=O) groups excluding carboxylic acids is 2. The number of nitro benzene ring substituents is 2. The lowest BCUT2D eigenvalue weighted by atomic mass is 9.81. The summed E-state index contributed by atoms with van der Waals surface area (Å²) in [5.74, 6) is -4.45. The number of carbonyl (C=O) groups is 2. The molecule has 12 heteroatoms. The van der Waals surface area contributed by atoms with Crippen LogP contribution in [0.4, 0.5) is 11.4 Å². The van der Waals surface area contributed by atoms with Gasteiger partial charge >= 0.3 is 0 Å². The van der Waals surface area contributed by atoms with E-state index < -0.39 is 76.6 Å². The van der Waals surface area contributed by atoms with Crippen molar-refractivity contribution in [2.45, 2.75) is 0 Å². The first-order valence-electron chi connectivity index (χ1n) is 6.57. The van der Waals surface area contributed by atoms with Gasteiger partial charge in [0.05, 0.1) is 31.0 Å². The standard InChI is InChI=1S/C14H4Cl2N2O8/c15-3-1-5(17(23)24)7-9(11(3)19)14(22)8-6(18(25)26)2-4(16)12(20)10(8)13(7)21/h1-2,19-20H. The van der Waals surface area contributed by atoms with E-state index in [1.165, 1.54) is 0 Å². The van der Waals surface area contributed by atoms with Crippen LogP contribution in [0, 0.1) is 20.2 Å². The maximum Gasteiger partial charge on any atom is 0.283 e. The summed E-state index contributed by atoms with van der Waals surface area (Å²) in [5.41, 5.74) is -5.22. The molecule has 2 N–H and O–H groups in total. The zero-order chi connectivity index (χ0) is 19.5. The highest BCUT2D eigenvalue weighted by atomic mass is 35.5. The third-order valence-corrected chi connectivity index (χ3v) is 4.34. The van der Waals surface area contributed by atoms with E-state index in [-0.39, 0.29) is 0 Å². The number of halogens is 2. The quantitative estimate of drug-likeness (QED) is 0.491. The number of nitrogens with zero attached hydrogens (tertiary/aromatic N) is 2. The summed E-state index contributed by atoms with van der Waals surface area (Å²) in [6.07, 6.45) is 0. The van der Waals surface area contributed by atoms with Gasteiger partial charge < -0.3 is 10.2 Å². The van der Waals surface area contributed by atoms with E-state index in [1.54, 1.807) is 0 Å². The lowest BCUT2D eigenvalue weighted by molar-refractivity contribution is -0.385. The number of hydrogen-bond acceptors (Lipinski definition) is 8. The Hall–Kier alpha value is -3.24. The molecule has 0 atom stereocenters. The smallest absolute Gasteiger partial charge is 0.283 e. The maximum atomic E-state index is 12.7. The van der Waals surface area contributed by atoms with E-state index in [1.807, 2.05) is 0 Å². The molecular formula is C14H4Cl2N2O8. The van der Waals surface area contributed by atoms with E-state index in [0.29, 0.717) is 12.1 Å². The Labute approximate surface area is 152 Å². The average Bonchev–Trinajstić information content (AvgIpc) is 2.56. The van der Waals surface area contributed by atoms with Crippen LogP contribution in [0.1, 0.15) is 31.8 Å². The number of rotatable bonds is 2. The first kappa shape index (κ1) is 17.6. The van der Waals surface area contributed by atoms with Crippen LogP contribution in [-0.4, -0.2) is 31.6 Å². The average molecular weight is 399 g/mol. The summed E-state index contributed by atoms with van der Waals surface area (Å²) in [6, 6.07) is 1.31. The fourth-order valence-electron chi connectivity index (χ4n) is 2.69. The number of benzene rings is 2. The van der Waals surface area contributed by atoms with Crippen molar-refractivity contribution in [2.24, 2.45) is 0 Å². The second-order valence-electron chi connectivity index (χ2n) is 5.12. The summed E-state index contributed by atoms with van der Waals surface area (Å²) in [4.78, 5) is 45.9. The van der Waals surface area contributed by atoms with Gasteiger partial charge in [0.2, 0.25) is 11.6 Å². The minimum atomic E-state index is -1.28. The minimum Gasteiger partial charge on any atom is -0.506 e. The van der Waals surface area contributed by atoms with Crippen LogP contribution >= 0.6 is 23.2 Å². The highest BCUT2D eigenvalue weighted by molar-refractivity contribution is 6.39. The first-order valence-corrected chi connectivity index (χ1v) is 7.32. The van der Waals surface area contributed by atoms with Crippen molar-refractivity contribution < 1.29 is 29.6 Å². The lowest BCUT2D eigenvalue weighted by Crippen LogP contribution is -2.24. The van der Waals surface area contributed by atoms with E-state index in [0.717, 1.165) is 0 Å². The molecule has 1 aliphatic carbocycles. The monoisotopic (exact) mass is 398 g/mol. The zero-order valence-electron chi connectivity index (χ0n) is 12.1. The van der Waals surface area contributed by atoms with Crippen LogP contribution in [0.2, 0.25) is 10.0 Å². The number of fused-ring (bicyclic) bond motifs is 2. The Morgan fingerprint density at radius 1 is 0.731 bits per heavy atom. The van der Waals surface area contributed by atoms with E-state index in [2.05, 4.69) is 0 Å². The molecule has 1 aliphatic rings. The molecule has 0 amide bonds. The number of ketones is 2. The van der Waals surface area contributed by atoms with Crippen molar-refractivity contribution >= 4 is 46.1 Å². The Morgan fingerprint density at radius 3 is 1.31 bits per heavy atom. The molecule has 0 spiro atoms. The van der Waals surface area contributed by atoms with Gasteiger partial charge in [-0.2, -0.15) is 0 Å². The Morgan fingerprint density at radius 2 is 1.04 bits per heavy atom. The summed E-state index contributed by atoms with van der Waals surface area (Å²) < 4.78 is 0. The second-order valence-corrected chi connectivity index (χ2v) is 5.94. The molecule has 0 aromatic heterocycles. The van der Waals surface area contributed by atoms with Crippen molar-refractivity contribution in [3.63, 3.8) is 0 Å². The van der Waals surface area contributed by atoms with Crippen LogP contribution in [-0.2, 0) is 0 Å². The predicted molar refractivity (Wildman–Crippen MR) is 86.4 cm³/mol. The van der Waals surface area contributed by atoms with Crippen LogP contribution in [0.5, 0.6) is 11.5 Å². The van der Waals surface area contributed by atoms with Gasteiger partial charge in [-0.15, -0.1) is 0 Å². The van der Waals surface area contributed by atoms with Crippen LogP contribution in [0.25, 0.3) is 0 Å². The lowest BCUT2D eigenvalue weighted by Gasteiger charge is -2.20. The van der Waals surface area contributed by atoms with Crippen LogP contribution in [0.15, 0.2) is 12.1 Å². The van der Waals surface area contributed by atoms with Crippen LogP contribution < -0.4 is 0 Å². The molecule has 0 bridgehead atoms. The number of phenolic OH excluding ortho intramolecular Hbond substituents is 2.